The van der Waals surface area contributed by atoms with Crippen LogP contribution in [0.2, 0.25) is 10.0 Å². The third-order valence-corrected chi connectivity index (χ3v) is 12.6. The third-order valence-electron chi connectivity index (χ3n) is 7.29. The van der Waals surface area contributed by atoms with Crippen molar-refractivity contribution in [3.05, 3.63) is 117 Å². The molecule has 0 saturated carbocycles. The van der Waals surface area contributed by atoms with Gasteiger partial charge in [-0.3, -0.25) is 14.5 Å². The Balaban J connectivity index is 1.22. The summed E-state index contributed by atoms with van der Waals surface area (Å²) in [5, 5.41) is 4.11. The molecule has 2 amide bonds. The summed E-state index contributed by atoms with van der Waals surface area (Å²) >= 11 is 17.7. The molecule has 3 aromatic carbocycles. The molecule has 49 heavy (non-hydrogen) atoms. The van der Waals surface area contributed by atoms with Gasteiger partial charge in [0.25, 0.3) is 5.91 Å². The van der Waals surface area contributed by atoms with Crippen LogP contribution in [0.25, 0.3) is 0 Å². The lowest BCUT2D eigenvalue weighted by atomic mass is 10.0. The first kappa shape index (κ1) is 35.3. The van der Waals surface area contributed by atoms with Gasteiger partial charge < -0.3 is 21.5 Å². The summed E-state index contributed by atoms with van der Waals surface area (Å²) < 4.78 is 6.22. The van der Waals surface area contributed by atoms with Gasteiger partial charge in [0.2, 0.25) is 5.91 Å². The van der Waals surface area contributed by atoms with Crippen molar-refractivity contribution in [2.45, 2.75) is 27.6 Å². The van der Waals surface area contributed by atoms with E-state index in [0.717, 1.165) is 11.1 Å². The Labute approximate surface area is 309 Å². The van der Waals surface area contributed by atoms with Crippen LogP contribution in [0.4, 0.5) is 11.6 Å². The lowest BCUT2D eigenvalue weighted by molar-refractivity contribution is -0.154. The van der Waals surface area contributed by atoms with Gasteiger partial charge in [0.05, 0.1) is 15.9 Å². The van der Waals surface area contributed by atoms with Gasteiger partial charge in [0.15, 0.2) is 11.3 Å². The highest BCUT2D eigenvalue weighted by Gasteiger charge is 2.54. The molecule has 0 bridgehead atoms. The van der Waals surface area contributed by atoms with E-state index in [9.17, 15) is 14.4 Å². The highest BCUT2D eigenvalue weighted by atomic mass is 35.5. The molecule has 2 atom stereocenters. The number of nitrogens with one attached hydrogen (secondary N) is 1. The summed E-state index contributed by atoms with van der Waals surface area (Å²) in [5.41, 5.74) is 13.4. The van der Waals surface area contributed by atoms with E-state index in [1.165, 1.54) is 58.0 Å². The van der Waals surface area contributed by atoms with Gasteiger partial charge in [0.1, 0.15) is 28.7 Å². The number of hydrogen-bond donors (Lipinski definition) is 3. The van der Waals surface area contributed by atoms with Crippen molar-refractivity contribution in [2.24, 2.45) is 0 Å². The molecular formula is C33H28Cl2N6O4S4. The van der Waals surface area contributed by atoms with E-state index in [-0.39, 0.29) is 29.0 Å². The standard InChI is InChI=1S/C33H28Cl2N6O4S4/c34-20-11-12-21(35)22(13-20)46-16-26(42)40-27-30(43)41-28(23(15-47-31(27)41)48-17-49-33-38-24(36)14-25(37)39-33)32(44)45-29(18-7-3-1-4-8-18)19-9-5-2-6-10-19/h1-14,27,29,31H,15-17H2,(H,40,42)(H4,36,37,38,39)/t27-,31-/m1/s1. The number of carbonyl (C=O) groups is 3. The summed E-state index contributed by atoms with van der Waals surface area (Å²) in [4.78, 5) is 52.0. The van der Waals surface area contributed by atoms with Gasteiger partial charge in [-0.25, -0.2) is 14.8 Å². The van der Waals surface area contributed by atoms with Crippen LogP contribution in [0, 0.1) is 0 Å². The number of thioether (sulfide) groups is 4. The van der Waals surface area contributed by atoms with E-state index >= 15 is 0 Å². The van der Waals surface area contributed by atoms with Crippen molar-refractivity contribution in [3.8, 4) is 0 Å². The molecule has 1 saturated heterocycles. The molecule has 0 spiro atoms. The first-order valence-electron chi connectivity index (χ1n) is 14.7. The molecule has 252 valence electrons. The van der Waals surface area contributed by atoms with Crippen LogP contribution < -0.4 is 16.8 Å². The summed E-state index contributed by atoms with van der Waals surface area (Å²) in [6.45, 7) is 0. The number of hydrogen-bond acceptors (Lipinski definition) is 12. The Hall–Kier alpha value is -3.53. The Bertz CT molecular complexity index is 1850. The number of aromatic nitrogens is 2. The number of nitrogens with two attached hydrogens (primary N) is 2. The Morgan fingerprint density at radius 3 is 2.24 bits per heavy atom. The number of ether oxygens (including phenoxy) is 1. The van der Waals surface area contributed by atoms with Gasteiger partial charge in [-0.2, -0.15) is 0 Å². The number of rotatable bonds is 12. The van der Waals surface area contributed by atoms with Crippen molar-refractivity contribution < 1.29 is 19.1 Å². The van der Waals surface area contributed by atoms with Crippen LogP contribution in [0.15, 0.2) is 106 Å². The minimum absolute atomic E-state index is 0.0245. The summed E-state index contributed by atoms with van der Waals surface area (Å²) in [6.07, 6.45) is -0.720. The van der Waals surface area contributed by atoms with E-state index in [1.807, 2.05) is 60.7 Å². The molecule has 2 aliphatic heterocycles. The topological polar surface area (TPSA) is 154 Å². The number of fused-ring (bicyclic) bond motifs is 1. The van der Waals surface area contributed by atoms with Crippen LogP contribution in [-0.2, 0) is 19.1 Å². The number of nitrogens with zero attached hydrogens (tertiary/aromatic N) is 3. The van der Waals surface area contributed by atoms with Crippen LogP contribution in [0.5, 0.6) is 0 Å². The quantitative estimate of drug-likeness (QED) is 0.0476. The van der Waals surface area contributed by atoms with Crippen molar-refractivity contribution in [3.63, 3.8) is 0 Å². The third kappa shape index (κ3) is 8.44. The number of esters is 1. The fourth-order valence-electron chi connectivity index (χ4n) is 5.06. The maximum absolute atomic E-state index is 14.2. The lowest BCUT2D eigenvalue weighted by Crippen LogP contribution is -2.70. The number of nitrogen functional groups attached to an aromatic ring is 2. The zero-order chi connectivity index (χ0) is 34.5. The molecule has 5 N–H and O–H groups in total. The van der Waals surface area contributed by atoms with Gasteiger partial charge in [-0.05, 0) is 29.3 Å². The molecule has 1 aromatic heterocycles. The number of halogens is 2. The second-order valence-corrected chi connectivity index (χ2v) is 15.9. The monoisotopic (exact) mass is 770 g/mol. The maximum Gasteiger partial charge on any atom is 0.356 e. The molecule has 4 aromatic rings. The predicted octanol–water partition coefficient (Wildman–Crippen LogP) is 6.47. The van der Waals surface area contributed by atoms with E-state index in [0.29, 0.717) is 35.8 Å². The fourth-order valence-corrected chi connectivity index (χ4v) is 9.98. The van der Waals surface area contributed by atoms with Gasteiger partial charge in [-0.1, -0.05) is 95.6 Å². The van der Waals surface area contributed by atoms with Crippen LogP contribution in [0.3, 0.4) is 0 Å². The summed E-state index contributed by atoms with van der Waals surface area (Å²) in [5.74, 6) is -0.469. The molecule has 2 aliphatic rings. The number of β-lactam (4-membered cyclic amide) rings is 1. The summed E-state index contributed by atoms with van der Waals surface area (Å²) in [7, 11) is 0. The smallest absolute Gasteiger partial charge is 0.356 e. The average Bonchev–Trinajstić information content (AvgIpc) is 3.10. The normalized spacial score (nSPS) is 17.0. The van der Waals surface area contributed by atoms with E-state index in [1.54, 1.807) is 18.2 Å². The van der Waals surface area contributed by atoms with Crippen molar-refractivity contribution >= 4 is 99.7 Å². The maximum atomic E-state index is 14.2. The minimum Gasteiger partial charge on any atom is -0.448 e. The van der Waals surface area contributed by atoms with Crippen LogP contribution >= 0.6 is 70.2 Å². The molecular weight excluding hydrogens is 744 g/mol. The predicted molar refractivity (Wildman–Crippen MR) is 199 cm³/mol. The summed E-state index contributed by atoms with van der Waals surface area (Å²) in [6, 6.07) is 24.5. The van der Waals surface area contributed by atoms with Crippen molar-refractivity contribution in [1.82, 2.24) is 20.2 Å². The molecule has 10 nitrogen and oxygen atoms in total. The Kier molecular flexibility index (Phi) is 11.5. The number of carbonyl (C=O) groups excluding carboxylic acids is 3. The second kappa shape index (κ2) is 16.0. The Morgan fingerprint density at radius 1 is 0.939 bits per heavy atom. The molecule has 16 heteroatoms. The fraction of sp³-hybridized carbons (Fsp3) is 0.182. The SMILES string of the molecule is Nc1cc(N)nc(SCSC2=C(C(=O)OC(c3ccccc3)c3ccccc3)N3C(=O)[C@@H](NC(=O)CSc4cc(Cl)ccc4Cl)[C@H]3SC2)n1. The number of benzene rings is 3. The first-order valence-corrected chi connectivity index (χ1v) is 19.5. The van der Waals surface area contributed by atoms with E-state index in [2.05, 4.69) is 15.3 Å². The highest BCUT2D eigenvalue weighted by molar-refractivity contribution is 8.18. The van der Waals surface area contributed by atoms with Gasteiger partial charge >= 0.3 is 5.97 Å². The molecule has 0 aliphatic carbocycles. The number of amides is 2. The van der Waals surface area contributed by atoms with E-state index in [4.69, 9.17) is 39.4 Å². The first-order chi connectivity index (χ1) is 23.7. The van der Waals surface area contributed by atoms with Crippen molar-refractivity contribution in [1.29, 1.82) is 0 Å². The Morgan fingerprint density at radius 2 is 1.59 bits per heavy atom. The largest absolute Gasteiger partial charge is 0.448 e. The highest BCUT2D eigenvalue weighted by Crippen LogP contribution is 2.45. The van der Waals surface area contributed by atoms with Crippen molar-refractivity contribution in [2.75, 3.05) is 28.1 Å². The molecule has 3 heterocycles. The zero-order valence-corrected chi connectivity index (χ0v) is 30.2. The molecule has 0 radical (unpaired) electrons. The number of anilines is 2. The molecule has 1 fully saturated rings. The zero-order valence-electron chi connectivity index (χ0n) is 25.5. The van der Waals surface area contributed by atoms with Crippen LogP contribution in [0.1, 0.15) is 17.2 Å². The minimum atomic E-state index is -0.820. The lowest BCUT2D eigenvalue weighted by Gasteiger charge is -2.49. The van der Waals surface area contributed by atoms with E-state index < -0.39 is 29.4 Å². The molecule has 0 unspecified atom stereocenters. The van der Waals surface area contributed by atoms with Gasteiger partial charge in [-0.15, -0.1) is 35.3 Å². The van der Waals surface area contributed by atoms with Gasteiger partial charge in [0, 0.05) is 26.6 Å². The average molecular weight is 772 g/mol. The molecule has 6 rings (SSSR count). The second-order valence-electron chi connectivity index (χ2n) is 10.6. The van der Waals surface area contributed by atoms with Crippen LogP contribution in [-0.4, -0.2) is 60.7 Å².